The van der Waals surface area contributed by atoms with E-state index in [1.165, 1.54) is 0 Å². The van der Waals surface area contributed by atoms with Crippen molar-refractivity contribution in [2.75, 3.05) is 6.54 Å². The number of H-pyrrole nitrogens is 1. The average Bonchev–Trinajstić information content (AvgIpc) is 3.04. The van der Waals surface area contributed by atoms with Crippen molar-refractivity contribution in [3.63, 3.8) is 0 Å². The number of rotatable bonds is 5. The maximum absolute atomic E-state index is 9.35. The molecular weight excluding hydrogens is 318 g/mol. The number of aromatic nitrogens is 4. The number of hydrogen-bond donors (Lipinski definition) is 3. The molecule has 0 bridgehead atoms. The molecule has 0 amide bonds. The topological polar surface area (TPSA) is 99.3 Å². The Morgan fingerprint density at radius 3 is 2.76 bits per heavy atom. The minimum Gasteiger partial charge on any atom is -0.364 e. The second-order valence-electron chi connectivity index (χ2n) is 6.26. The Kier molecular flexibility index (Phi) is 4.96. The molecule has 132 valence electrons. The van der Waals surface area contributed by atoms with Crippen LogP contribution in [0.2, 0.25) is 0 Å². The van der Waals surface area contributed by atoms with Crippen LogP contribution < -0.4 is 5.49 Å². The highest BCUT2D eigenvalue weighted by molar-refractivity contribution is 5.69. The molecule has 0 fully saturated rings. The number of benzene rings is 1. The summed E-state index contributed by atoms with van der Waals surface area (Å²) in [6.45, 7) is 7.31. The van der Waals surface area contributed by atoms with Crippen molar-refractivity contribution >= 4 is 11.2 Å². The summed E-state index contributed by atoms with van der Waals surface area (Å²) >= 11 is 0. The van der Waals surface area contributed by atoms with Gasteiger partial charge in [-0.25, -0.2) is 9.97 Å². The Morgan fingerprint density at radius 1 is 1.28 bits per heavy atom. The summed E-state index contributed by atoms with van der Waals surface area (Å²) in [6, 6.07) is 7.19. The summed E-state index contributed by atoms with van der Waals surface area (Å²) in [7, 11) is 0. The second-order valence-corrected chi connectivity index (χ2v) is 6.26. The van der Waals surface area contributed by atoms with Gasteiger partial charge in [-0.05, 0) is 18.6 Å². The van der Waals surface area contributed by atoms with Gasteiger partial charge in [-0.2, -0.15) is 0 Å². The molecule has 0 spiro atoms. The largest absolute Gasteiger partial charge is 0.364 e. The smallest absolute Gasteiger partial charge is 0.178 e. The fourth-order valence-corrected chi connectivity index (χ4v) is 2.70. The molecule has 3 aromatic rings. The van der Waals surface area contributed by atoms with Crippen molar-refractivity contribution in [3.05, 3.63) is 53.0 Å². The van der Waals surface area contributed by atoms with Crippen LogP contribution in [0, 0.1) is 0 Å². The van der Waals surface area contributed by atoms with E-state index in [-0.39, 0.29) is 5.92 Å². The van der Waals surface area contributed by atoms with Gasteiger partial charge in [0.1, 0.15) is 11.3 Å². The van der Waals surface area contributed by atoms with Gasteiger partial charge in [0.25, 0.3) is 0 Å². The average molecular weight is 341 g/mol. The molecule has 0 aliphatic heterocycles. The molecule has 0 aliphatic rings. The van der Waals surface area contributed by atoms with E-state index in [2.05, 4.69) is 28.8 Å². The number of fused-ring (bicyclic) bond motifs is 1. The molecule has 0 radical (unpaired) electrons. The van der Waals surface area contributed by atoms with E-state index in [9.17, 15) is 10.2 Å². The molecule has 7 heteroatoms. The Morgan fingerprint density at radius 2 is 2.08 bits per heavy atom. The molecule has 1 aromatic carbocycles. The summed E-state index contributed by atoms with van der Waals surface area (Å²) in [5, 5.41) is 18.7. The van der Waals surface area contributed by atoms with Gasteiger partial charge in [-0.15, -0.1) is 0 Å². The third kappa shape index (κ3) is 3.62. The van der Waals surface area contributed by atoms with Crippen molar-refractivity contribution < 1.29 is 10.2 Å². The molecule has 0 atom stereocenters. The summed E-state index contributed by atoms with van der Waals surface area (Å²) in [5.41, 5.74) is 3.68. The number of hydrogen-bond acceptors (Lipinski definition) is 5. The number of aliphatic hydroxyl groups excluding tert-OH is 1. The number of imidazole rings is 1. The van der Waals surface area contributed by atoms with Crippen molar-refractivity contribution in [2.24, 2.45) is 4.99 Å². The number of nitrogens with one attached hydrogen (secondary N) is 1. The summed E-state index contributed by atoms with van der Waals surface area (Å²) in [6.07, 6.45) is 0.246. The molecular formula is C18H23N5O2. The number of nitrogens with zero attached hydrogens (tertiary/aromatic N) is 4. The van der Waals surface area contributed by atoms with E-state index in [1.54, 1.807) is 24.5 Å². The van der Waals surface area contributed by atoms with Crippen LogP contribution >= 0.6 is 0 Å². The monoisotopic (exact) mass is 341 g/mol. The van der Waals surface area contributed by atoms with Gasteiger partial charge in [0, 0.05) is 18.0 Å². The third-order valence-electron chi connectivity index (χ3n) is 3.97. The molecule has 7 nitrogen and oxygen atoms in total. The lowest BCUT2D eigenvalue weighted by atomic mass is 10.1. The first kappa shape index (κ1) is 17.3. The lowest BCUT2D eigenvalue weighted by molar-refractivity contribution is -0.0425. The van der Waals surface area contributed by atoms with Gasteiger partial charge in [0.2, 0.25) is 0 Å². The van der Waals surface area contributed by atoms with Crippen molar-refractivity contribution in [2.45, 2.75) is 39.5 Å². The highest BCUT2D eigenvalue weighted by Crippen LogP contribution is 2.17. The van der Waals surface area contributed by atoms with Crippen LogP contribution in [0.25, 0.3) is 11.2 Å². The molecule has 25 heavy (non-hydrogen) atoms. The third-order valence-corrected chi connectivity index (χ3v) is 3.97. The van der Waals surface area contributed by atoms with Crippen LogP contribution in [0.4, 0.5) is 0 Å². The Labute approximate surface area is 145 Å². The first-order chi connectivity index (χ1) is 12.0. The first-order valence-corrected chi connectivity index (χ1v) is 8.40. The predicted octanol–water partition coefficient (Wildman–Crippen LogP) is 1.83. The van der Waals surface area contributed by atoms with E-state index < -0.39 is 6.29 Å². The lowest BCUT2D eigenvalue weighted by Gasteiger charge is -2.10. The Bertz CT molecular complexity index is 940. The molecule has 0 saturated heterocycles. The zero-order valence-corrected chi connectivity index (χ0v) is 14.6. The van der Waals surface area contributed by atoms with Crippen molar-refractivity contribution in [1.29, 1.82) is 0 Å². The van der Waals surface area contributed by atoms with E-state index in [1.807, 2.05) is 17.6 Å². The molecule has 2 heterocycles. The van der Waals surface area contributed by atoms with Crippen LogP contribution in [-0.2, 0) is 6.54 Å². The van der Waals surface area contributed by atoms with Gasteiger partial charge in [0.05, 0.1) is 12.9 Å². The standard InChI is InChI=1S/C18H23N5O2/c1-4-19-16-14-17(22-15(21-14)11(2)3)23(10-20-16)9-12-6-5-7-13(8-12)18(24)25/h5-8,10-11,18,24-25H,4,9H2,1-3H3,(H,21,22). The van der Waals surface area contributed by atoms with Gasteiger partial charge >= 0.3 is 0 Å². The molecule has 0 aliphatic carbocycles. The summed E-state index contributed by atoms with van der Waals surface area (Å²) in [4.78, 5) is 16.9. The van der Waals surface area contributed by atoms with Gasteiger partial charge < -0.3 is 19.8 Å². The number of aliphatic hydroxyl groups is 2. The van der Waals surface area contributed by atoms with E-state index in [0.29, 0.717) is 24.1 Å². The molecule has 2 aromatic heterocycles. The predicted molar refractivity (Wildman–Crippen MR) is 94.8 cm³/mol. The van der Waals surface area contributed by atoms with Crippen LogP contribution in [0.5, 0.6) is 0 Å². The molecule has 0 unspecified atom stereocenters. The maximum atomic E-state index is 9.35. The zero-order valence-electron chi connectivity index (χ0n) is 14.6. The van der Waals surface area contributed by atoms with Crippen molar-refractivity contribution in [3.8, 4) is 0 Å². The van der Waals surface area contributed by atoms with Crippen LogP contribution in [0.15, 0.2) is 35.6 Å². The number of aromatic amines is 1. The SMILES string of the molecule is CCN=c1ncn(Cc2cccc(C(O)O)c2)c2nc(C(C)C)[nH]c12. The zero-order chi connectivity index (χ0) is 18.0. The Hall–Kier alpha value is -2.51. The van der Waals surface area contributed by atoms with Crippen molar-refractivity contribution in [1.82, 2.24) is 19.5 Å². The quantitative estimate of drug-likeness (QED) is 0.617. The van der Waals surface area contributed by atoms with E-state index in [4.69, 9.17) is 4.98 Å². The van der Waals surface area contributed by atoms with Crippen LogP contribution in [0.1, 0.15) is 49.9 Å². The summed E-state index contributed by atoms with van der Waals surface area (Å²) in [5.74, 6) is 1.16. The maximum Gasteiger partial charge on any atom is 0.178 e. The molecule has 3 N–H and O–H groups in total. The van der Waals surface area contributed by atoms with E-state index >= 15 is 0 Å². The normalized spacial score (nSPS) is 12.7. The van der Waals surface area contributed by atoms with Crippen LogP contribution in [0.3, 0.4) is 0 Å². The van der Waals surface area contributed by atoms with Gasteiger partial charge in [-0.1, -0.05) is 32.0 Å². The van der Waals surface area contributed by atoms with E-state index in [0.717, 1.165) is 22.6 Å². The summed E-state index contributed by atoms with van der Waals surface area (Å²) < 4.78 is 1.94. The lowest BCUT2D eigenvalue weighted by Crippen LogP contribution is -2.15. The second kappa shape index (κ2) is 7.16. The fraction of sp³-hybridized carbons (Fsp3) is 0.389. The molecule has 3 rings (SSSR count). The van der Waals surface area contributed by atoms with Gasteiger partial charge in [-0.3, -0.25) is 4.99 Å². The highest BCUT2D eigenvalue weighted by Gasteiger charge is 2.12. The minimum absolute atomic E-state index is 0.267. The highest BCUT2D eigenvalue weighted by atomic mass is 16.5. The fourth-order valence-electron chi connectivity index (χ4n) is 2.70. The minimum atomic E-state index is -1.48. The van der Waals surface area contributed by atoms with Crippen LogP contribution in [-0.4, -0.2) is 36.3 Å². The first-order valence-electron chi connectivity index (χ1n) is 8.40. The van der Waals surface area contributed by atoms with Gasteiger partial charge in [0.15, 0.2) is 17.4 Å². The Balaban J connectivity index is 2.09. The molecule has 0 saturated carbocycles.